The molecule has 1 amide bonds. The predicted octanol–water partition coefficient (Wildman–Crippen LogP) is 2.71. The Kier molecular flexibility index (Phi) is 5.88. The van der Waals surface area contributed by atoms with E-state index in [0.29, 0.717) is 6.54 Å². The van der Waals surface area contributed by atoms with E-state index in [9.17, 15) is 9.90 Å². The van der Waals surface area contributed by atoms with Crippen LogP contribution in [0.3, 0.4) is 0 Å². The van der Waals surface area contributed by atoms with Gasteiger partial charge in [-0.15, -0.1) is 0 Å². The first kappa shape index (κ1) is 18.7. The number of β-amino-alcohol motifs (C(OH)–C–C–N with tert-alkyl or cyclic N) is 1. The fourth-order valence-corrected chi connectivity index (χ4v) is 2.94. The number of nitrogens with zero attached hydrogens (tertiary/aromatic N) is 1. The van der Waals surface area contributed by atoms with Crippen LogP contribution in [0, 0.1) is 0 Å². The van der Waals surface area contributed by atoms with Crippen LogP contribution in [-0.2, 0) is 17.7 Å². The minimum atomic E-state index is -0.561. The number of benzene rings is 1. The molecule has 1 saturated heterocycles. The predicted molar refractivity (Wildman–Crippen MR) is 94.9 cm³/mol. The maximum Gasteiger partial charge on any atom is 0.407 e. The Morgan fingerprint density at radius 1 is 1.38 bits per heavy atom. The number of carbonyl (C=O) groups excluding carboxylic acids is 1. The third kappa shape index (κ3) is 6.49. The first-order chi connectivity index (χ1) is 11.1. The van der Waals surface area contributed by atoms with E-state index in [0.717, 1.165) is 32.5 Å². The van der Waals surface area contributed by atoms with Crippen LogP contribution in [0.1, 0.15) is 45.2 Å². The van der Waals surface area contributed by atoms with Crippen molar-refractivity contribution in [2.75, 3.05) is 19.6 Å². The maximum absolute atomic E-state index is 11.6. The SMILES string of the molecule is CC1(O)CCN(Cc2cccc(CCNC(=O)OC(C)(C)C)c2)C1. The van der Waals surface area contributed by atoms with Crippen molar-refractivity contribution in [1.29, 1.82) is 0 Å². The van der Waals surface area contributed by atoms with Gasteiger partial charge in [-0.1, -0.05) is 24.3 Å². The molecule has 1 unspecified atom stereocenters. The van der Waals surface area contributed by atoms with Gasteiger partial charge in [-0.25, -0.2) is 4.79 Å². The van der Waals surface area contributed by atoms with Crippen molar-refractivity contribution in [3.63, 3.8) is 0 Å². The zero-order valence-corrected chi connectivity index (χ0v) is 15.3. The summed E-state index contributed by atoms with van der Waals surface area (Å²) >= 11 is 0. The fourth-order valence-electron chi connectivity index (χ4n) is 2.94. The highest BCUT2D eigenvalue weighted by atomic mass is 16.6. The van der Waals surface area contributed by atoms with E-state index < -0.39 is 11.2 Å². The summed E-state index contributed by atoms with van der Waals surface area (Å²) in [7, 11) is 0. The first-order valence-electron chi connectivity index (χ1n) is 8.62. The van der Waals surface area contributed by atoms with Gasteiger partial charge < -0.3 is 15.2 Å². The van der Waals surface area contributed by atoms with Gasteiger partial charge in [0, 0.05) is 26.2 Å². The highest BCUT2D eigenvalue weighted by molar-refractivity contribution is 5.67. The Morgan fingerprint density at radius 2 is 2.08 bits per heavy atom. The number of alkyl carbamates (subject to hydrolysis) is 1. The number of rotatable bonds is 5. The molecule has 0 bridgehead atoms. The largest absolute Gasteiger partial charge is 0.444 e. The Hall–Kier alpha value is -1.59. The summed E-state index contributed by atoms with van der Waals surface area (Å²) in [4.78, 5) is 13.9. The van der Waals surface area contributed by atoms with Gasteiger partial charge >= 0.3 is 6.09 Å². The molecule has 0 aliphatic carbocycles. The second-order valence-electron chi connectivity index (χ2n) is 7.96. The van der Waals surface area contributed by atoms with Crippen LogP contribution in [0.5, 0.6) is 0 Å². The number of ether oxygens (including phenoxy) is 1. The van der Waals surface area contributed by atoms with E-state index in [2.05, 4.69) is 28.4 Å². The normalized spacial score (nSPS) is 21.7. The van der Waals surface area contributed by atoms with E-state index >= 15 is 0 Å². The molecular formula is C19H30N2O3. The molecule has 1 aliphatic heterocycles. The number of carbonyl (C=O) groups is 1. The first-order valence-corrected chi connectivity index (χ1v) is 8.62. The average Bonchev–Trinajstić information content (AvgIpc) is 2.76. The summed E-state index contributed by atoms with van der Waals surface area (Å²) in [5.41, 5.74) is 1.40. The minimum absolute atomic E-state index is 0.377. The maximum atomic E-state index is 11.6. The van der Waals surface area contributed by atoms with Gasteiger partial charge in [-0.3, -0.25) is 4.90 Å². The van der Waals surface area contributed by atoms with Crippen molar-refractivity contribution in [1.82, 2.24) is 10.2 Å². The molecule has 5 nitrogen and oxygen atoms in total. The smallest absolute Gasteiger partial charge is 0.407 e. The summed E-state index contributed by atoms with van der Waals surface area (Å²) in [5.74, 6) is 0. The third-order valence-electron chi connectivity index (χ3n) is 4.01. The Morgan fingerprint density at radius 3 is 2.71 bits per heavy atom. The van der Waals surface area contributed by atoms with Gasteiger partial charge in [-0.2, -0.15) is 0 Å². The second-order valence-corrected chi connectivity index (χ2v) is 7.96. The molecule has 24 heavy (non-hydrogen) atoms. The van der Waals surface area contributed by atoms with Gasteiger partial charge in [0.05, 0.1) is 5.60 Å². The minimum Gasteiger partial charge on any atom is -0.444 e. The number of hydrogen-bond acceptors (Lipinski definition) is 4. The van der Waals surface area contributed by atoms with Crippen LogP contribution in [0.4, 0.5) is 4.79 Å². The summed E-state index contributed by atoms with van der Waals surface area (Å²) < 4.78 is 5.23. The van der Waals surface area contributed by atoms with Crippen LogP contribution in [0.2, 0.25) is 0 Å². The van der Waals surface area contributed by atoms with Crippen molar-refractivity contribution in [2.24, 2.45) is 0 Å². The van der Waals surface area contributed by atoms with Gasteiger partial charge in [0.25, 0.3) is 0 Å². The molecule has 1 aromatic rings. The molecule has 5 heteroatoms. The number of amides is 1. The number of likely N-dealkylation sites (tertiary alicyclic amines) is 1. The van der Waals surface area contributed by atoms with Crippen molar-refractivity contribution in [2.45, 2.75) is 58.3 Å². The number of aliphatic hydroxyl groups is 1. The van der Waals surface area contributed by atoms with Crippen molar-refractivity contribution in [3.05, 3.63) is 35.4 Å². The van der Waals surface area contributed by atoms with E-state index in [1.807, 2.05) is 33.8 Å². The van der Waals surface area contributed by atoms with Crippen molar-refractivity contribution >= 4 is 6.09 Å². The molecule has 0 aromatic heterocycles. The van der Waals surface area contributed by atoms with E-state index in [1.165, 1.54) is 11.1 Å². The third-order valence-corrected chi connectivity index (χ3v) is 4.01. The molecular weight excluding hydrogens is 304 g/mol. The molecule has 2 N–H and O–H groups in total. The van der Waals surface area contributed by atoms with Crippen LogP contribution in [0.25, 0.3) is 0 Å². The molecule has 1 heterocycles. The van der Waals surface area contributed by atoms with Gasteiger partial charge in [0.1, 0.15) is 5.60 Å². The summed E-state index contributed by atoms with van der Waals surface area (Å²) in [6, 6.07) is 8.40. The number of hydrogen-bond donors (Lipinski definition) is 2. The van der Waals surface area contributed by atoms with Gasteiger partial charge in [0.15, 0.2) is 0 Å². The van der Waals surface area contributed by atoms with Crippen LogP contribution < -0.4 is 5.32 Å². The Labute approximate surface area is 145 Å². The van der Waals surface area contributed by atoms with Crippen LogP contribution in [0.15, 0.2) is 24.3 Å². The summed E-state index contributed by atoms with van der Waals surface area (Å²) in [5, 5.41) is 12.8. The highest BCUT2D eigenvalue weighted by Crippen LogP contribution is 2.22. The average molecular weight is 334 g/mol. The summed E-state index contributed by atoms with van der Waals surface area (Å²) in [6.45, 7) is 10.5. The lowest BCUT2D eigenvalue weighted by Gasteiger charge is -2.20. The lowest BCUT2D eigenvalue weighted by atomic mass is 10.1. The fraction of sp³-hybridized carbons (Fsp3) is 0.632. The van der Waals surface area contributed by atoms with E-state index in [-0.39, 0.29) is 6.09 Å². The zero-order chi connectivity index (χ0) is 17.8. The number of nitrogens with one attached hydrogen (secondary N) is 1. The standard InChI is InChI=1S/C19H30N2O3/c1-18(2,3)24-17(22)20-10-8-15-6-5-7-16(12-15)13-21-11-9-19(4,23)14-21/h5-7,12,23H,8-11,13-14H2,1-4H3,(H,20,22). The lowest BCUT2D eigenvalue weighted by Crippen LogP contribution is -2.33. The second kappa shape index (κ2) is 7.53. The molecule has 1 atom stereocenters. The summed E-state index contributed by atoms with van der Waals surface area (Å²) in [6.07, 6.45) is 1.22. The zero-order valence-electron chi connectivity index (χ0n) is 15.3. The van der Waals surface area contributed by atoms with Crippen molar-refractivity contribution < 1.29 is 14.6 Å². The topological polar surface area (TPSA) is 61.8 Å². The van der Waals surface area contributed by atoms with E-state index in [4.69, 9.17) is 4.74 Å². The molecule has 0 spiro atoms. The highest BCUT2D eigenvalue weighted by Gasteiger charge is 2.30. The van der Waals surface area contributed by atoms with Crippen LogP contribution >= 0.6 is 0 Å². The quantitative estimate of drug-likeness (QED) is 0.869. The van der Waals surface area contributed by atoms with Gasteiger partial charge in [-0.05, 0) is 51.7 Å². The Bertz CT molecular complexity index is 564. The Balaban J connectivity index is 1.79. The monoisotopic (exact) mass is 334 g/mol. The lowest BCUT2D eigenvalue weighted by molar-refractivity contribution is 0.0528. The van der Waals surface area contributed by atoms with Crippen molar-refractivity contribution in [3.8, 4) is 0 Å². The molecule has 134 valence electrons. The van der Waals surface area contributed by atoms with Crippen LogP contribution in [-0.4, -0.2) is 46.9 Å². The molecule has 1 aromatic carbocycles. The molecule has 0 saturated carbocycles. The van der Waals surface area contributed by atoms with E-state index in [1.54, 1.807) is 0 Å². The molecule has 2 rings (SSSR count). The molecule has 1 aliphatic rings. The van der Waals surface area contributed by atoms with Gasteiger partial charge in [0.2, 0.25) is 0 Å². The molecule has 0 radical (unpaired) electrons. The molecule has 1 fully saturated rings.